The zero-order chi connectivity index (χ0) is 16.2. The first-order chi connectivity index (χ1) is 11.9. The summed E-state index contributed by atoms with van der Waals surface area (Å²) in [5.74, 6) is 0. The molecule has 6 heteroatoms. The molecule has 1 aliphatic rings. The number of pyridine rings is 2. The predicted molar refractivity (Wildman–Crippen MR) is 96.3 cm³/mol. The van der Waals surface area contributed by atoms with Crippen LogP contribution in [0.15, 0.2) is 54.2 Å². The molecule has 0 saturated carbocycles. The van der Waals surface area contributed by atoms with E-state index in [0.29, 0.717) is 6.61 Å². The number of hydrogen-bond donors (Lipinski definition) is 1. The quantitative estimate of drug-likeness (QED) is 0.775. The van der Waals surface area contributed by atoms with E-state index in [2.05, 4.69) is 32.4 Å². The predicted octanol–water partition coefficient (Wildman–Crippen LogP) is 4.15. The lowest BCUT2D eigenvalue weighted by Crippen LogP contribution is -2.05. The van der Waals surface area contributed by atoms with Crippen molar-refractivity contribution in [3.05, 3.63) is 59.9 Å². The molecule has 1 N–H and O–H groups in total. The maximum absolute atomic E-state index is 5.36. The Morgan fingerprint density at radius 1 is 1.04 bits per heavy atom. The van der Waals surface area contributed by atoms with Crippen molar-refractivity contribution >= 4 is 27.7 Å². The second-order valence-electron chi connectivity index (χ2n) is 5.36. The van der Waals surface area contributed by atoms with Gasteiger partial charge in [-0.1, -0.05) is 12.1 Å². The zero-order valence-corrected chi connectivity index (χ0v) is 13.8. The third-order valence-electron chi connectivity index (χ3n) is 3.74. The fourth-order valence-corrected chi connectivity index (χ4v) is 3.25. The number of thiazole rings is 1. The topological polar surface area (TPSA) is 59.9 Å². The van der Waals surface area contributed by atoms with Crippen molar-refractivity contribution in [2.24, 2.45) is 0 Å². The van der Waals surface area contributed by atoms with Gasteiger partial charge in [-0.15, -0.1) is 11.3 Å². The molecule has 4 heterocycles. The van der Waals surface area contributed by atoms with Crippen LogP contribution >= 0.6 is 11.3 Å². The van der Waals surface area contributed by atoms with Gasteiger partial charge in [-0.05, 0) is 36.3 Å². The highest BCUT2D eigenvalue weighted by Gasteiger charge is 2.10. The maximum atomic E-state index is 5.36. The molecular formula is C18H16N4OS. The van der Waals surface area contributed by atoms with Crippen LogP contribution in [0.3, 0.4) is 0 Å². The third-order valence-corrected chi connectivity index (χ3v) is 4.49. The highest BCUT2D eigenvalue weighted by atomic mass is 32.1. The summed E-state index contributed by atoms with van der Waals surface area (Å²) in [6.45, 7) is 1.42. The van der Waals surface area contributed by atoms with E-state index in [1.54, 1.807) is 17.5 Å². The molecule has 4 rings (SSSR count). The molecule has 0 aliphatic carbocycles. The summed E-state index contributed by atoms with van der Waals surface area (Å²) in [6.07, 6.45) is 6.59. The number of aromatic nitrogens is 3. The van der Waals surface area contributed by atoms with Crippen LogP contribution in [0.5, 0.6) is 0 Å². The Labute approximate surface area is 144 Å². The van der Waals surface area contributed by atoms with E-state index in [9.17, 15) is 0 Å². The van der Waals surface area contributed by atoms with Crippen molar-refractivity contribution in [3.8, 4) is 11.4 Å². The molecule has 0 radical (unpaired) electrons. The van der Waals surface area contributed by atoms with E-state index in [1.807, 2.05) is 35.8 Å². The first kappa shape index (κ1) is 15.0. The minimum atomic E-state index is 0.661. The number of nitrogens with one attached hydrogen (secondary N) is 1. The van der Waals surface area contributed by atoms with E-state index >= 15 is 0 Å². The molecule has 3 aromatic heterocycles. The minimum absolute atomic E-state index is 0.661. The van der Waals surface area contributed by atoms with Gasteiger partial charge < -0.3 is 10.1 Å². The Morgan fingerprint density at radius 2 is 2.00 bits per heavy atom. The average molecular weight is 336 g/mol. The van der Waals surface area contributed by atoms with Gasteiger partial charge in [-0.25, -0.2) is 4.98 Å². The van der Waals surface area contributed by atoms with E-state index in [4.69, 9.17) is 4.74 Å². The Kier molecular flexibility index (Phi) is 4.31. The van der Waals surface area contributed by atoms with Crippen LogP contribution in [0.2, 0.25) is 0 Å². The Morgan fingerprint density at radius 3 is 2.83 bits per heavy atom. The zero-order valence-electron chi connectivity index (χ0n) is 13.0. The maximum Gasteiger partial charge on any atom is 0.187 e. The number of hydrogen-bond acceptors (Lipinski definition) is 6. The molecule has 120 valence electrons. The van der Waals surface area contributed by atoms with Gasteiger partial charge >= 0.3 is 0 Å². The van der Waals surface area contributed by atoms with Crippen LogP contribution in [0, 0.1) is 0 Å². The summed E-state index contributed by atoms with van der Waals surface area (Å²) in [7, 11) is 0. The van der Waals surface area contributed by atoms with Crippen molar-refractivity contribution in [3.63, 3.8) is 0 Å². The molecule has 0 bridgehead atoms. The highest BCUT2D eigenvalue weighted by Crippen LogP contribution is 2.27. The Balaban J connectivity index is 1.54. The fraction of sp³-hybridized carbons (Fsp3) is 0.167. The Hall–Kier alpha value is -2.57. The van der Waals surface area contributed by atoms with Crippen LogP contribution in [0.4, 0.5) is 10.8 Å². The molecule has 24 heavy (non-hydrogen) atoms. The molecule has 5 nitrogen and oxygen atoms in total. The van der Waals surface area contributed by atoms with E-state index < -0.39 is 0 Å². The second-order valence-corrected chi connectivity index (χ2v) is 6.22. The molecule has 0 spiro atoms. The molecule has 0 amide bonds. The van der Waals surface area contributed by atoms with Gasteiger partial charge in [0.15, 0.2) is 5.13 Å². The largest absolute Gasteiger partial charge is 0.377 e. The van der Waals surface area contributed by atoms with E-state index in [0.717, 1.165) is 40.9 Å². The molecule has 0 aromatic carbocycles. The normalized spacial score (nSPS) is 14.2. The molecule has 0 saturated heterocycles. The summed E-state index contributed by atoms with van der Waals surface area (Å²) >= 11 is 1.56. The number of rotatable bonds is 4. The van der Waals surface area contributed by atoms with Crippen molar-refractivity contribution in [2.75, 3.05) is 18.5 Å². The average Bonchev–Trinajstić information content (AvgIpc) is 3.12. The summed E-state index contributed by atoms with van der Waals surface area (Å²) in [5.41, 5.74) is 4.96. The van der Waals surface area contributed by atoms with Crippen LogP contribution < -0.4 is 5.32 Å². The molecule has 0 atom stereocenters. The van der Waals surface area contributed by atoms with E-state index in [-0.39, 0.29) is 0 Å². The molecule has 0 fully saturated rings. The lowest BCUT2D eigenvalue weighted by atomic mass is 10.1. The second kappa shape index (κ2) is 6.90. The van der Waals surface area contributed by atoms with Gasteiger partial charge in [0.25, 0.3) is 0 Å². The monoisotopic (exact) mass is 336 g/mol. The third kappa shape index (κ3) is 3.34. The van der Waals surface area contributed by atoms with Crippen molar-refractivity contribution in [1.82, 2.24) is 15.0 Å². The van der Waals surface area contributed by atoms with Crippen molar-refractivity contribution < 1.29 is 4.74 Å². The number of ether oxygens (including phenoxy) is 1. The summed E-state index contributed by atoms with van der Waals surface area (Å²) in [4.78, 5) is 13.4. The molecular weight excluding hydrogens is 320 g/mol. The van der Waals surface area contributed by atoms with Crippen molar-refractivity contribution in [1.29, 1.82) is 0 Å². The van der Waals surface area contributed by atoms with Crippen LogP contribution in [-0.4, -0.2) is 28.2 Å². The molecule has 0 unspecified atom stereocenters. The van der Waals surface area contributed by atoms with Gasteiger partial charge in [0, 0.05) is 23.5 Å². The SMILES string of the molecule is C1=C(c2cc(Nc3nc(-c4ccccn4)cs3)ccn2)CCOC1. The summed E-state index contributed by atoms with van der Waals surface area (Å²) < 4.78 is 5.36. The lowest BCUT2D eigenvalue weighted by Gasteiger charge is -2.13. The van der Waals surface area contributed by atoms with Crippen LogP contribution in [0.1, 0.15) is 12.1 Å². The van der Waals surface area contributed by atoms with Crippen LogP contribution in [-0.2, 0) is 4.74 Å². The lowest BCUT2D eigenvalue weighted by molar-refractivity contribution is 0.161. The summed E-state index contributed by atoms with van der Waals surface area (Å²) in [5, 5.41) is 6.20. The van der Waals surface area contributed by atoms with Gasteiger partial charge in [-0.3, -0.25) is 9.97 Å². The number of nitrogens with zero attached hydrogens (tertiary/aromatic N) is 3. The standard InChI is InChI=1S/C18H16N4OS/c1-2-7-19-15(3-1)17-12-24-18(22-17)21-14-4-8-20-16(11-14)13-5-9-23-10-6-13/h1-5,7-8,11-12H,6,9-10H2,(H,20,21,22). The van der Waals surface area contributed by atoms with Crippen molar-refractivity contribution in [2.45, 2.75) is 6.42 Å². The smallest absolute Gasteiger partial charge is 0.187 e. The summed E-state index contributed by atoms with van der Waals surface area (Å²) in [6, 6.07) is 9.83. The minimum Gasteiger partial charge on any atom is -0.377 e. The number of anilines is 2. The molecule has 1 aliphatic heterocycles. The first-order valence-corrected chi connectivity index (χ1v) is 8.63. The fourth-order valence-electron chi connectivity index (χ4n) is 2.53. The van der Waals surface area contributed by atoms with Gasteiger partial charge in [-0.2, -0.15) is 0 Å². The first-order valence-electron chi connectivity index (χ1n) is 7.76. The molecule has 3 aromatic rings. The van der Waals surface area contributed by atoms with Gasteiger partial charge in [0.05, 0.1) is 24.6 Å². The van der Waals surface area contributed by atoms with E-state index in [1.165, 1.54) is 5.57 Å². The highest BCUT2D eigenvalue weighted by molar-refractivity contribution is 7.14. The Bertz CT molecular complexity index is 860. The van der Waals surface area contributed by atoms with Gasteiger partial charge in [0.2, 0.25) is 0 Å². The van der Waals surface area contributed by atoms with Crippen LogP contribution in [0.25, 0.3) is 17.0 Å². The van der Waals surface area contributed by atoms with Gasteiger partial charge in [0.1, 0.15) is 5.69 Å².